The summed E-state index contributed by atoms with van der Waals surface area (Å²) in [5, 5.41) is 5.51. The molecule has 12 rings (SSSR count). The van der Waals surface area contributed by atoms with E-state index < -0.39 is 5.63 Å². The van der Waals surface area contributed by atoms with Crippen molar-refractivity contribution in [2.24, 2.45) is 0 Å². The summed E-state index contributed by atoms with van der Waals surface area (Å²) in [6.07, 6.45) is 10.4. The Balaban J connectivity index is 0.883. The van der Waals surface area contributed by atoms with Crippen molar-refractivity contribution in [1.29, 1.82) is 0 Å². The van der Waals surface area contributed by atoms with Gasteiger partial charge in [-0.2, -0.15) is 0 Å². The topological polar surface area (TPSA) is 95.3 Å². The Hall–Kier alpha value is -6.16. The number of rotatable bonds is 3. The van der Waals surface area contributed by atoms with E-state index in [1.54, 1.807) is 0 Å². The Morgan fingerprint density at radius 1 is 0.724 bits per heavy atom. The number of hydrogen-bond acceptors (Lipinski definition) is 8. The van der Waals surface area contributed by atoms with E-state index in [4.69, 9.17) is 18.0 Å². The Morgan fingerprint density at radius 3 is 2.38 bits per heavy atom. The van der Waals surface area contributed by atoms with Gasteiger partial charge in [0, 0.05) is 78.9 Å². The molecule has 0 fully saturated rings. The number of anilines is 2. The summed E-state index contributed by atoms with van der Waals surface area (Å²) in [5.74, 6) is 2.25. The third-order valence-electron chi connectivity index (χ3n) is 13.4. The van der Waals surface area contributed by atoms with E-state index in [0.717, 1.165) is 140 Å². The van der Waals surface area contributed by atoms with Crippen molar-refractivity contribution < 1.29 is 18.0 Å². The van der Waals surface area contributed by atoms with Crippen LogP contribution in [-0.4, -0.2) is 53.4 Å². The Kier molecular flexibility index (Phi) is 7.41. The first kappa shape index (κ1) is 33.9. The molecular weight excluding hydrogens is 729 g/mol. The van der Waals surface area contributed by atoms with E-state index in [-0.39, 0.29) is 5.63 Å². The van der Waals surface area contributed by atoms with Gasteiger partial charge in [0.2, 0.25) is 10.7 Å². The predicted octanol–water partition coefficient (Wildman–Crippen LogP) is 5.31. The molecule has 7 aliphatic rings. The average molecular weight is 773 g/mol. The van der Waals surface area contributed by atoms with Gasteiger partial charge in [-0.15, -0.1) is 0 Å². The third kappa shape index (κ3) is 5.16. The number of ether oxygens (including phenoxy) is 1. The fraction of sp³-hybridized carbons (Fsp3) is 0.333. The van der Waals surface area contributed by atoms with Crippen LogP contribution in [0.4, 0.5) is 11.4 Å². The molecule has 290 valence electrons. The van der Waals surface area contributed by atoms with Crippen molar-refractivity contribution in [3.8, 4) is 22.8 Å². The van der Waals surface area contributed by atoms with Crippen molar-refractivity contribution in [1.82, 2.24) is 9.15 Å². The highest BCUT2D eigenvalue weighted by molar-refractivity contribution is 6.03. The standard InChI is InChI=1S/C48H44N4O6/c1-49(32-12-11-29-22-36-45(55-40(29)24-32)34-20-27-7-3-13-50(2)38(27)25-41(34)56-47(36)53)17-18-51-14-4-8-28-21-35-42(26-39(28)51)57-48(54)37-23-31-19-30-9-5-15-52-16-6-10-33(43(30)52)44(31)58-46(35)37/h11-12,19-26H,3-10,13-18H2,1-2H3/q+2. The maximum absolute atomic E-state index is 13.6. The zero-order chi connectivity index (χ0) is 38.8. The monoisotopic (exact) mass is 772 g/mol. The second-order valence-electron chi connectivity index (χ2n) is 16.9. The van der Waals surface area contributed by atoms with Gasteiger partial charge in [0.15, 0.2) is 17.9 Å². The van der Waals surface area contributed by atoms with Crippen molar-refractivity contribution >= 4 is 50.4 Å². The van der Waals surface area contributed by atoms with Crippen LogP contribution in [0.25, 0.3) is 50.3 Å². The van der Waals surface area contributed by atoms with Crippen LogP contribution in [0.2, 0.25) is 0 Å². The molecule has 5 aromatic rings. The molecule has 6 aliphatic heterocycles. The van der Waals surface area contributed by atoms with Crippen molar-refractivity contribution in [3.05, 3.63) is 119 Å². The Bertz CT molecular complexity index is 3260. The minimum absolute atomic E-state index is 0.362. The normalized spacial score (nSPS) is 17.4. The number of fused-ring (bicyclic) bond motifs is 11. The summed E-state index contributed by atoms with van der Waals surface area (Å²) < 4.78 is 30.1. The summed E-state index contributed by atoms with van der Waals surface area (Å²) >= 11 is 0. The van der Waals surface area contributed by atoms with Crippen LogP contribution in [0.1, 0.15) is 53.5 Å². The Labute approximate surface area is 333 Å². The largest absolute Gasteiger partial charge is 0.455 e. The number of benzene rings is 4. The first-order chi connectivity index (χ1) is 28.3. The zero-order valence-electron chi connectivity index (χ0n) is 32.9. The highest BCUT2D eigenvalue weighted by Gasteiger charge is 2.31. The van der Waals surface area contributed by atoms with Crippen LogP contribution < -0.4 is 50.9 Å². The third-order valence-corrected chi connectivity index (χ3v) is 13.4. The zero-order valence-corrected chi connectivity index (χ0v) is 32.9. The van der Waals surface area contributed by atoms with Gasteiger partial charge < -0.3 is 27.8 Å². The van der Waals surface area contributed by atoms with Crippen LogP contribution in [0.15, 0.2) is 77.4 Å². The van der Waals surface area contributed by atoms with Crippen molar-refractivity contribution in [2.75, 3.05) is 63.2 Å². The fourth-order valence-corrected chi connectivity index (χ4v) is 10.5. The minimum Gasteiger partial charge on any atom is -0.455 e. The summed E-state index contributed by atoms with van der Waals surface area (Å²) in [7, 11) is 4.18. The summed E-state index contributed by atoms with van der Waals surface area (Å²) in [5.41, 5.74) is 9.62. The molecule has 0 saturated carbocycles. The summed E-state index contributed by atoms with van der Waals surface area (Å²) in [4.78, 5) is 31.4. The molecule has 0 spiro atoms. The molecule has 8 heterocycles. The molecule has 0 saturated heterocycles. The van der Waals surface area contributed by atoms with Gasteiger partial charge in [-0.25, -0.2) is 18.7 Å². The van der Waals surface area contributed by atoms with Crippen LogP contribution in [-0.2, 0) is 25.7 Å². The smallest absolute Gasteiger partial charge is 0.347 e. The summed E-state index contributed by atoms with van der Waals surface area (Å²) in [6.45, 7) is 5.63. The highest BCUT2D eigenvalue weighted by atomic mass is 16.5. The lowest BCUT2D eigenvalue weighted by molar-refractivity contribution is 0.435. The van der Waals surface area contributed by atoms with Gasteiger partial charge in [-0.05, 0) is 86.1 Å². The molecule has 0 bridgehead atoms. The molecule has 0 amide bonds. The second-order valence-corrected chi connectivity index (χ2v) is 16.9. The van der Waals surface area contributed by atoms with E-state index >= 15 is 0 Å². The molecule has 58 heavy (non-hydrogen) atoms. The lowest BCUT2D eigenvalue weighted by Crippen LogP contribution is -2.45. The minimum atomic E-state index is -0.392. The molecule has 0 radical (unpaired) electrons. The Morgan fingerprint density at radius 2 is 1.48 bits per heavy atom. The van der Waals surface area contributed by atoms with Gasteiger partial charge in [0.25, 0.3) is 0 Å². The molecule has 2 aromatic heterocycles. The van der Waals surface area contributed by atoms with E-state index in [0.29, 0.717) is 33.4 Å². The van der Waals surface area contributed by atoms with Crippen LogP contribution in [0.5, 0.6) is 11.5 Å². The van der Waals surface area contributed by atoms with E-state index in [1.165, 1.54) is 27.6 Å². The van der Waals surface area contributed by atoms with E-state index in [2.05, 4.69) is 69.4 Å². The van der Waals surface area contributed by atoms with Gasteiger partial charge in [-0.1, -0.05) is 0 Å². The lowest BCUT2D eigenvalue weighted by Gasteiger charge is -2.31. The fourth-order valence-electron chi connectivity index (χ4n) is 10.5. The quantitative estimate of drug-likeness (QED) is 0.103. The van der Waals surface area contributed by atoms with Crippen LogP contribution in [0, 0.1) is 0 Å². The number of aryl methyl sites for hydroxylation is 3. The summed E-state index contributed by atoms with van der Waals surface area (Å²) in [6, 6.07) is 18.6. The molecule has 0 unspecified atom stereocenters. The first-order valence-corrected chi connectivity index (χ1v) is 20.9. The number of hydrogen-bond donors (Lipinski definition) is 0. The molecular formula is C48H44N4O6+2. The SMILES string of the molecule is CN1CCCc2cc3c(cc21)oc(=O)c1cc2ccc(=[N+](C)CCN4CCCc5cc6c7c(c(=O)oc6cc54)C=c4cc5c6c(c4O7)CCC[N+]=6CCC5)cc-2oc13. The van der Waals surface area contributed by atoms with Crippen molar-refractivity contribution in [2.45, 2.75) is 51.4 Å². The predicted molar refractivity (Wildman–Crippen MR) is 226 cm³/mol. The molecule has 10 heteroatoms. The van der Waals surface area contributed by atoms with Gasteiger partial charge in [0.05, 0.1) is 28.9 Å². The highest BCUT2D eigenvalue weighted by Crippen LogP contribution is 2.40. The molecule has 0 N–H and O–H groups in total. The number of likely N-dealkylation sites (N-methyl/N-ethyl adjacent to an activating group) is 1. The van der Waals surface area contributed by atoms with Crippen molar-refractivity contribution in [3.63, 3.8) is 0 Å². The molecule has 10 nitrogen and oxygen atoms in total. The molecule has 3 aromatic carbocycles. The maximum atomic E-state index is 13.6. The number of nitrogens with zero attached hydrogens (tertiary/aromatic N) is 4. The van der Waals surface area contributed by atoms with Crippen LogP contribution in [0.3, 0.4) is 0 Å². The first-order valence-electron chi connectivity index (χ1n) is 20.9. The van der Waals surface area contributed by atoms with Gasteiger partial charge in [0.1, 0.15) is 53.8 Å². The van der Waals surface area contributed by atoms with Gasteiger partial charge in [-0.3, -0.25) is 0 Å². The average Bonchev–Trinajstić information content (AvgIpc) is 3.24. The maximum Gasteiger partial charge on any atom is 0.347 e. The van der Waals surface area contributed by atoms with Crippen LogP contribution >= 0.6 is 0 Å². The van der Waals surface area contributed by atoms with E-state index in [1.807, 2.05) is 24.3 Å². The van der Waals surface area contributed by atoms with E-state index in [9.17, 15) is 9.59 Å². The second kappa shape index (κ2) is 12.7. The lowest BCUT2D eigenvalue weighted by atomic mass is 9.92. The molecule has 1 aliphatic carbocycles. The molecule has 0 atom stereocenters. The van der Waals surface area contributed by atoms with Gasteiger partial charge >= 0.3 is 11.3 Å².